The second kappa shape index (κ2) is 4.07. The molecule has 0 atom stereocenters. The SMILES string of the molecule is COc1ccc2nc(-c3ccccc3O)oc2c1. The molecule has 4 heteroatoms. The zero-order valence-corrected chi connectivity index (χ0v) is 9.75. The Bertz CT molecular complexity index is 703. The predicted molar refractivity (Wildman–Crippen MR) is 67.7 cm³/mol. The Balaban J connectivity index is 2.17. The number of ether oxygens (including phenoxy) is 1. The highest BCUT2D eigenvalue weighted by atomic mass is 16.5. The number of aromatic nitrogens is 1. The topological polar surface area (TPSA) is 55.5 Å². The van der Waals surface area contributed by atoms with Gasteiger partial charge in [-0.25, -0.2) is 4.98 Å². The van der Waals surface area contributed by atoms with Crippen LogP contribution in [0.2, 0.25) is 0 Å². The molecule has 0 saturated heterocycles. The lowest BCUT2D eigenvalue weighted by Crippen LogP contribution is -1.80. The van der Waals surface area contributed by atoms with Crippen molar-refractivity contribution < 1.29 is 14.3 Å². The molecule has 0 spiro atoms. The lowest BCUT2D eigenvalue weighted by molar-refractivity contribution is 0.414. The molecule has 0 amide bonds. The molecule has 1 N–H and O–H groups in total. The molecule has 0 aliphatic carbocycles. The van der Waals surface area contributed by atoms with E-state index in [9.17, 15) is 5.11 Å². The maximum atomic E-state index is 9.77. The average Bonchev–Trinajstić information content (AvgIpc) is 2.81. The molecule has 4 nitrogen and oxygen atoms in total. The Morgan fingerprint density at radius 2 is 2.00 bits per heavy atom. The van der Waals surface area contributed by atoms with Gasteiger partial charge < -0.3 is 14.3 Å². The summed E-state index contributed by atoms with van der Waals surface area (Å²) in [4.78, 5) is 4.34. The van der Waals surface area contributed by atoms with E-state index in [4.69, 9.17) is 9.15 Å². The van der Waals surface area contributed by atoms with E-state index in [0.29, 0.717) is 22.8 Å². The number of phenols is 1. The predicted octanol–water partition coefficient (Wildman–Crippen LogP) is 3.21. The van der Waals surface area contributed by atoms with E-state index in [-0.39, 0.29) is 5.75 Å². The number of phenolic OH excluding ortho intramolecular Hbond substituents is 1. The molecular formula is C14H11NO3. The van der Waals surface area contributed by atoms with E-state index >= 15 is 0 Å². The molecule has 18 heavy (non-hydrogen) atoms. The molecule has 0 radical (unpaired) electrons. The number of hydrogen-bond donors (Lipinski definition) is 1. The van der Waals surface area contributed by atoms with E-state index in [0.717, 1.165) is 5.52 Å². The summed E-state index contributed by atoms with van der Waals surface area (Å²) in [5, 5.41) is 9.77. The molecule has 0 unspecified atom stereocenters. The monoisotopic (exact) mass is 241 g/mol. The zero-order chi connectivity index (χ0) is 12.5. The zero-order valence-electron chi connectivity index (χ0n) is 9.75. The summed E-state index contributed by atoms with van der Waals surface area (Å²) in [6.45, 7) is 0. The highest BCUT2D eigenvalue weighted by Crippen LogP contribution is 2.31. The van der Waals surface area contributed by atoms with Gasteiger partial charge in [0.2, 0.25) is 5.89 Å². The Morgan fingerprint density at radius 3 is 2.78 bits per heavy atom. The van der Waals surface area contributed by atoms with Crippen molar-refractivity contribution in [2.24, 2.45) is 0 Å². The number of fused-ring (bicyclic) bond motifs is 1. The highest BCUT2D eigenvalue weighted by molar-refractivity contribution is 5.78. The second-order valence-electron chi connectivity index (χ2n) is 3.87. The molecule has 3 aromatic rings. The van der Waals surface area contributed by atoms with Crippen LogP contribution in [0.25, 0.3) is 22.6 Å². The smallest absolute Gasteiger partial charge is 0.231 e. The van der Waals surface area contributed by atoms with Gasteiger partial charge in [0.25, 0.3) is 0 Å². The molecule has 90 valence electrons. The first kappa shape index (κ1) is 10.7. The van der Waals surface area contributed by atoms with Gasteiger partial charge >= 0.3 is 0 Å². The summed E-state index contributed by atoms with van der Waals surface area (Å²) >= 11 is 0. The van der Waals surface area contributed by atoms with Crippen molar-refractivity contribution in [3.05, 3.63) is 42.5 Å². The van der Waals surface area contributed by atoms with Crippen molar-refractivity contribution in [2.75, 3.05) is 7.11 Å². The van der Waals surface area contributed by atoms with Gasteiger partial charge in [-0.15, -0.1) is 0 Å². The fourth-order valence-corrected chi connectivity index (χ4v) is 1.80. The third kappa shape index (κ3) is 1.68. The lowest BCUT2D eigenvalue weighted by Gasteiger charge is -1.97. The molecular weight excluding hydrogens is 230 g/mol. The van der Waals surface area contributed by atoms with Gasteiger partial charge in [-0.2, -0.15) is 0 Å². The van der Waals surface area contributed by atoms with Crippen LogP contribution in [0.15, 0.2) is 46.9 Å². The van der Waals surface area contributed by atoms with Gasteiger partial charge in [-0.3, -0.25) is 0 Å². The van der Waals surface area contributed by atoms with Crippen LogP contribution in [0.5, 0.6) is 11.5 Å². The third-order valence-corrected chi connectivity index (χ3v) is 2.73. The Morgan fingerprint density at radius 1 is 1.17 bits per heavy atom. The number of methoxy groups -OCH3 is 1. The number of benzene rings is 2. The van der Waals surface area contributed by atoms with Gasteiger partial charge in [0.05, 0.1) is 12.7 Å². The van der Waals surface area contributed by atoms with Crippen LogP contribution in [0, 0.1) is 0 Å². The summed E-state index contributed by atoms with van der Waals surface area (Å²) in [5.41, 5.74) is 1.94. The molecule has 1 aromatic heterocycles. The Hall–Kier alpha value is -2.49. The van der Waals surface area contributed by atoms with Crippen LogP contribution >= 0.6 is 0 Å². The first-order chi connectivity index (χ1) is 8.78. The van der Waals surface area contributed by atoms with Crippen molar-refractivity contribution >= 4 is 11.1 Å². The van der Waals surface area contributed by atoms with Crippen molar-refractivity contribution in [2.45, 2.75) is 0 Å². The van der Waals surface area contributed by atoms with Crippen molar-refractivity contribution in [1.29, 1.82) is 0 Å². The van der Waals surface area contributed by atoms with E-state index in [1.54, 1.807) is 31.4 Å². The van der Waals surface area contributed by atoms with Gasteiger partial charge in [0, 0.05) is 6.07 Å². The van der Waals surface area contributed by atoms with Crippen LogP contribution in [0.1, 0.15) is 0 Å². The number of nitrogens with zero attached hydrogens (tertiary/aromatic N) is 1. The maximum Gasteiger partial charge on any atom is 0.231 e. The lowest BCUT2D eigenvalue weighted by atomic mass is 10.2. The summed E-state index contributed by atoms with van der Waals surface area (Å²) in [6, 6.07) is 12.4. The number of oxazole rings is 1. The minimum atomic E-state index is 0.149. The van der Waals surface area contributed by atoms with E-state index in [2.05, 4.69) is 4.98 Å². The van der Waals surface area contributed by atoms with E-state index < -0.39 is 0 Å². The average molecular weight is 241 g/mol. The van der Waals surface area contributed by atoms with E-state index in [1.165, 1.54) is 0 Å². The van der Waals surface area contributed by atoms with Crippen LogP contribution in [-0.2, 0) is 0 Å². The van der Waals surface area contributed by atoms with Crippen LogP contribution in [0.4, 0.5) is 0 Å². The van der Waals surface area contributed by atoms with Crippen molar-refractivity contribution in [3.63, 3.8) is 0 Å². The molecule has 1 heterocycles. The fourth-order valence-electron chi connectivity index (χ4n) is 1.80. The highest BCUT2D eigenvalue weighted by Gasteiger charge is 2.11. The number of rotatable bonds is 2. The normalized spacial score (nSPS) is 10.7. The van der Waals surface area contributed by atoms with Crippen LogP contribution in [-0.4, -0.2) is 17.2 Å². The van der Waals surface area contributed by atoms with Crippen molar-refractivity contribution in [3.8, 4) is 23.0 Å². The van der Waals surface area contributed by atoms with Gasteiger partial charge in [0.1, 0.15) is 17.0 Å². The van der Waals surface area contributed by atoms with E-state index in [1.807, 2.05) is 18.2 Å². The molecule has 0 saturated carbocycles. The molecule has 0 fully saturated rings. The second-order valence-corrected chi connectivity index (χ2v) is 3.87. The number of hydrogen-bond acceptors (Lipinski definition) is 4. The summed E-state index contributed by atoms with van der Waals surface area (Å²) in [5.74, 6) is 1.26. The number of aromatic hydroxyl groups is 1. The Kier molecular flexibility index (Phi) is 2.41. The maximum absolute atomic E-state index is 9.77. The summed E-state index contributed by atoms with van der Waals surface area (Å²) < 4.78 is 10.8. The van der Waals surface area contributed by atoms with Gasteiger partial charge in [-0.1, -0.05) is 12.1 Å². The largest absolute Gasteiger partial charge is 0.507 e. The third-order valence-electron chi connectivity index (χ3n) is 2.73. The molecule has 3 rings (SSSR count). The van der Waals surface area contributed by atoms with Crippen LogP contribution in [0.3, 0.4) is 0 Å². The molecule has 2 aromatic carbocycles. The molecule has 0 aliphatic rings. The number of para-hydroxylation sites is 1. The molecule has 0 bridgehead atoms. The first-order valence-electron chi connectivity index (χ1n) is 5.51. The minimum absolute atomic E-state index is 0.149. The Labute approximate surface area is 103 Å². The standard InChI is InChI=1S/C14H11NO3/c1-17-9-6-7-11-13(8-9)18-14(15-11)10-4-2-3-5-12(10)16/h2-8,16H,1H3. The quantitative estimate of drug-likeness (QED) is 0.748. The van der Waals surface area contributed by atoms with Gasteiger partial charge in [0.15, 0.2) is 5.58 Å². The van der Waals surface area contributed by atoms with Crippen LogP contribution < -0.4 is 4.74 Å². The first-order valence-corrected chi connectivity index (χ1v) is 5.51. The van der Waals surface area contributed by atoms with Gasteiger partial charge in [-0.05, 0) is 24.3 Å². The molecule has 0 aliphatic heterocycles. The summed E-state index contributed by atoms with van der Waals surface area (Å²) in [7, 11) is 1.60. The fraction of sp³-hybridized carbons (Fsp3) is 0.0714. The van der Waals surface area contributed by atoms with Crippen molar-refractivity contribution in [1.82, 2.24) is 4.98 Å². The summed E-state index contributed by atoms with van der Waals surface area (Å²) in [6.07, 6.45) is 0. The minimum Gasteiger partial charge on any atom is -0.507 e.